The molecule has 2 amide bonds. The van der Waals surface area contributed by atoms with Crippen LogP contribution in [0.2, 0.25) is 0 Å². The molecule has 0 saturated heterocycles. The van der Waals surface area contributed by atoms with E-state index in [4.69, 9.17) is 0 Å². The number of hydrogen-bond acceptors (Lipinski definition) is 3. The van der Waals surface area contributed by atoms with Crippen LogP contribution in [0, 0.1) is 27.7 Å². The van der Waals surface area contributed by atoms with Gasteiger partial charge in [-0.25, -0.2) is 5.43 Å². The molecule has 0 aliphatic heterocycles. The van der Waals surface area contributed by atoms with Crippen molar-refractivity contribution in [2.24, 2.45) is 5.10 Å². The highest BCUT2D eigenvalue weighted by Gasteiger charge is 2.12. The Balaban J connectivity index is 1.54. The first-order valence-electron chi connectivity index (χ1n) is 10.7. The smallest absolute Gasteiger partial charge is 0.249 e. The summed E-state index contributed by atoms with van der Waals surface area (Å²) in [5.74, 6) is -0.761. The van der Waals surface area contributed by atoms with Gasteiger partial charge < -0.3 is 9.88 Å². The van der Waals surface area contributed by atoms with Gasteiger partial charge in [0.1, 0.15) is 6.42 Å². The maximum atomic E-state index is 12.0. The Labute approximate surface area is 189 Å². The maximum absolute atomic E-state index is 12.0. The van der Waals surface area contributed by atoms with Crippen LogP contribution in [0.15, 0.2) is 59.7 Å². The number of nitrogens with zero attached hydrogens (tertiary/aromatic N) is 2. The quantitative estimate of drug-likeness (QED) is 0.323. The summed E-state index contributed by atoms with van der Waals surface area (Å²) >= 11 is 0. The van der Waals surface area contributed by atoms with Gasteiger partial charge in [-0.1, -0.05) is 42.5 Å². The van der Waals surface area contributed by atoms with E-state index in [9.17, 15) is 9.59 Å². The van der Waals surface area contributed by atoms with Crippen LogP contribution >= 0.6 is 0 Å². The second-order valence-corrected chi connectivity index (χ2v) is 8.01. The van der Waals surface area contributed by atoms with Crippen LogP contribution in [-0.2, 0) is 16.0 Å². The number of carbonyl (C=O) groups excluding carboxylic acids is 2. The first-order valence-corrected chi connectivity index (χ1v) is 10.7. The molecule has 0 unspecified atom stereocenters. The number of aryl methyl sites for hydroxylation is 3. The zero-order valence-corrected chi connectivity index (χ0v) is 19.1. The lowest BCUT2D eigenvalue weighted by molar-refractivity contribution is -0.129. The Morgan fingerprint density at radius 2 is 1.72 bits per heavy atom. The molecule has 0 fully saturated rings. The summed E-state index contributed by atoms with van der Waals surface area (Å²) in [5, 5.41) is 6.82. The molecular formula is C26H30N4O2. The Morgan fingerprint density at radius 1 is 0.969 bits per heavy atom. The highest BCUT2D eigenvalue weighted by molar-refractivity contribution is 5.97. The highest BCUT2D eigenvalue weighted by atomic mass is 16.2. The van der Waals surface area contributed by atoms with Gasteiger partial charge in [-0.2, -0.15) is 5.10 Å². The second-order valence-electron chi connectivity index (χ2n) is 8.01. The fraction of sp³-hybridized carbons (Fsp3) is 0.269. The Hall–Kier alpha value is -3.67. The second kappa shape index (κ2) is 10.6. The average molecular weight is 431 g/mol. The van der Waals surface area contributed by atoms with Gasteiger partial charge in [0, 0.05) is 29.2 Å². The minimum atomic E-state index is -0.443. The van der Waals surface area contributed by atoms with Crippen molar-refractivity contribution in [2.45, 2.75) is 40.5 Å². The number of benzene rings is 2. The number of hydrogen-bond donors (Lipinski definition) is 2. The summed E-state index contributed by atoms with van der Waals surface area (Å²) < 4.78 is 2.19. The van der Waals surface area contributed by atoms with Gasteiger partial charge in [0.2, 0.25) is 11.8 Å². The molecule has 0 aliphatic carbocycles. The van der Waals surface area contributed by atoms with Gasteiger partial charge in [0.25, 0.3) is 0 Å². The van der Waals surface area contributed by atoms with Crippen molar-refractivity contribution in [3.8, 4) is 5.69 Å². The predicted octanol–water partition coefficient (Wildman–Crippen LogP) is 3.91. The van der Waals surface area contributed by atoms with Crippen LogP contribution in [0.25, 0.3) is 5.69 Å². The van der Waals surface area contributed by atoms with E-state index in [0.29, 0.717) is 6.54 Å². The van der Waals surface area contributed by atoms with E-state index in [1.807, 2.05) is 50.2 Å². The number of amides is 2. The van der Waals surface area contributed by atoms with E-state index in [1.54, 1.807) is 6.21 Å². The highest BCUT2D eigenvalue weighted by Crippen LogP contribution is 2.23. The Morgan fingerprint density at radius 3 is 2.47 bits per heavy atom. The number of hydrazone groups is 1. The molecule has 32 heavy (non-hydrogen) atoms. The van der Waals surface area contributed by atoms with Crippen molar-refractivity contribution >= 4 is 18.0 Å². The van der Waals surface area contributed by atoms with Crippen molar-refractivity contribution in [3.63, 3.8) is 0 Å². The predicted molar refractivity (Wildman–Crippen MR) is 128 cm³/mol. The summed E-state index contributed by atoms with van der Waals surface area (Å²) in [5.41, 5.74) is 10.1. The Bertz CT molecular complexity index is 1130. The van der Waals surface area contributed by atoms with E-state index >= 15 is 0 Å². The average Bonchev–Trinajstić information content (AvgIpc) is 3.03. The molecule has 3 rings (SSSR count). The fourth-order valence-electron chi connectivity index (χ4n) is 3.66. The van der Waals surface area contributed by atoms with Gasteiger partial charge >= 0.3 is 0 Å². The molecule has 0 spiro atoms. The van der Waals surface area contributed by atoms with E-state index < -0.39 is 5.91 Å². The van der Waals surface area contributed by atoms with Gasteiger partial charge in [-0.3, -0.25) is 9.59 Å². The summed E-state index contributed by atoms with van der Waals surface area (Å²) in [6.45, 7) is 8.73. The number of rotatable bonds is 8. The van der Waals surface area contributed by atoms with E-state index in [2.05, 4.69) is 52.5 Å². The zero-order valence-electron chi connectivity index (χ0n) is 19.1. The van der Waals surface area contributed by atoms with Crippen LogP contribution in [0.4, 0.5) is 0 Å². The van der Waals surface area contributed by atoms with Crippen molar-refractivity contribution in [1.82, 2.24) is 15.3 Å². The molecule has 2 aromatic carbocycles. The summed E-state index contributed by atoms with van der Waals surface area (Å²) in [7, 11) is 0. The number of aromatic nitrogens is 1. The zero-order chi connectivity index (χ0) is 23.1. The SMILES string of the molecule is Cc1ccc(C)c(-n2c(C)cc(/C=N/NC(=O)CC(=O)NCCc3ccccc3)c2C)c1. The van der Waals surface area contributed by atoms with Crippen LogP contribution in [-0.4, -0.2) is 29.1 Å². The third kappa shape index (κ3) is 5.94. The van der Waals surface area contributed by atoms with Crippen molar-refractivity contribution in [3.05, 3.63) is 88.2 Å². The lowest BCUT2D eigenvalue weighted by Gasteiger charge is -2.13. The third-order valence-corrected chi connectivity index (χ3v) is 5.37. The van der Waals surface area contributed by atoms with Gasteiger partial charge in [-0.05, 0) is 62.9 Å². The van der Waals surface area contributed by atoms with Crippen molar-refractivity contribution < 1.29 is 9.59 Å². The van der Waals surface area contributed by atoms with E-state index in [0.717, 1.165) is 34.6 Å². The van der Waals surface area contributed by atoms with Gasteiger partial charge in [-0.15, -0.1) is 0 Å². The Kier molecular flexibility index (Phi) is 7.60. The van der Waals surface area contributed by atoms with E-state index in [1.165, 1.54) is 11.1 Å². The molecule has 0 aliphatic rings. The monoisotopic (exact) mass is 430 g/mol. The summed E-state index contributed by atoms with van der Waals surface area (Å²) in [6, 6.07) is 18.3. The van der Waals surface area contributed by atoms with Crippen LogP contribution in [0.5, 0.6) is 0 Å². The molecule has 1 heterocycles. The molecule has 2 N–H and O–H groups in total. The lowest BCUT2D eigenvalue weighted by Crippen LogP contribution is -2.31. The van der Waals surface area contributed by atoms with Crippen molar-refractivity contribution in [2.75, 3.05) is 6.54 Å². The minimum absolute atomic E-state index is 0.256. The molecule has 6 nitrogen and oxygen atoms in total. The minimum Gasteiger partial charge on any atom is -0.355 e. The van der Waals surface area contributed by atoms with Crippen molar-refractivity contribution in [1.29, 1.82) is 0 Å². The molecule has 0 atom stereocenters. The van der Waals surface area contributed by atoms with Crippen LogP contribution in [0.1, 0.15) is 40.1 Å². The molecule has 6 heteroatoms. The summed E-state index contributed by atoms with van der Waals surface area (Å²) in [6.07, 6.45) is 2.09. The van der Waals surface area contributed by atoms with Gasteiger partial charge in [0.15, 0.2) is 0 Å². The maximum Gasteiger partial charge on any atom is 0.249 e. The molecule has 166 valence electrons. The lowest BCUT2D eigenvalue weighted by atomic mass is 10.1. The largest absolute Gasteiger partial charge is 0.355 e. The van der Waals surface area contributed by atoms with Crippen LogP contribution in [0.3, 0.4) is 0 Å². The first-order chi connectivity index (χ1) is 15.3. The molecule has 3 aromatic rings. The number of carbonyl (C=O) groups is 2. The third-order valence-electron chi connectivity index (χ3n) is 5.37. The molecular weight excluding hydrogens is 400 g/mol. The standard InChI is InChI=1S/C26H30N4O2/c1-18-10-11-19(2)24(14-18)30-20(3)15-23(21(30)4)17-28-29-26(32)16-25(31)27-13-12-22-8-6-5-7-9-22/h5-11,14-15,17H,12-13,16H2,1-4H3,(H,27,31)(H,29,32)/b28-17+. The topological polar surface area (TPSA) is 75.5 Å². The van der Waals surface area contributed by atoms with Crippen LogP contribution < -0.4 is 10.7 Å². The molecule has 0 radical (unpaired) electrons. The number of nitrogens with one attached hydrogen (secondary N) is 2. The molecule has 1 aromatic heterocycles. The van der Waals surface area contributed by atoms with Gasteiger partial charge in [0.05, 0.1) is 6.21 Å². The van der Waals surface area contributed by atoms with E-state index in [-0.39, 0.29) is 12.3 Å². The molecule has 0 saturated carbocycles. The fourth-order valence-corrected chi connectivity index (χ4v) is 3.66. The molecule has 0 bridgehead atoms. The summed E-state index contributed by atoms with van der Waals surface area (Å²) in [4.78, 5) is 24.0. The first kappa shape index (κ1) is 23.0. The normalized spacial score (nSPS) is 11.0.